The van der Waals surface area contributed by atoms with Crippen LogP contribution in [0.5, 0.6) is 0 Å². The van der Waals surface area contributed by atoms with E-state index in [4.69, 9.17) is 0 Å². The van der Waals surface area contributed by atoms with Crippen LogP contribution in [0.4, 0.5) is 0 Å². The summed E-state index contributed by atoms with van der Waals surface area (Å²) in [4.78, 5) is 2.60. The van der Waals surface area contributed by atoms with Gasteiger partial charge in [0.05, 0.1) is 0 Å². The molecule has 0 fully saturated rings. The maximum atomic E-state index is 3.29. The highest BCUT2D eigenvalue weighted by Crippen LogP contribution is 2.32. The number of hydrogen-bond acceptors (Lipinski definition) is 2. The van der Waals surface area contributed by atoms with E-state index >= 15 is 0 Å². The van der Waals surface area contributed by atoms with Crippen LogP contribution in [0, 0.1) is 0 Å². The normalized spacial score (nSPS) is 12.4. The molecule has 1 unspecified atom stereocenters. The first kappa shape index (κ1) is 12.2. The van der Waals surface area contributed by atoms with Gasteiger partial charge in [-0.2, -0.15) is 0 Å². The van der Waals surface area contributed by atoms with Gasteiger partial charge in [0.15, 0.2) is 0 Å². The first-order valence-electron chi connectivity index (χ1n) is 5.80. The van der Waals surface area contributed by atoms with Crippen LogP contribution in [-0.4, -0.2) is 7.05 Å². The molecule has 1 nitrogen and oxygen atoms in total. The number of nitrogens with one attached hydrogen (secondary N) is 1. The van der Waals surface area contributed by atoms with Gasteiger partial charge in [0.2, 0.25) is 0 Å². The Morgan fingerprint density at radius 2 is 1.59 bits per heavy atom. The molecular formula is C15H17NS. The van der Waals surface area contributed by atoms with E-state index in [0.29, 0.717) is 6.04 Å². The second-order valence-corrected chi connectivity index (χ2v) is 5.08. The summed E-state index contributed by atoms with van der Waals surface area (Å²) in [7, 11) is 1.99. The Bertz CT molecular complexity index is 467. The summed E-state index contributed by atoms with van der Waals surface area (Å²) < 4.78 is 0. The Morgan fingerprint density at radius 1 is 0.941 bits per heavy atom. The fraction of sp³-hybridized carbons (Fsp3) is 0.200. The van der Waals surface area contributed by atoms with Gasteiger partial charge in [-0.3, -0.25) is 0 Å². The van der Waals surface area contributed by atoms with Crippen LogP contribution in [0.3, 0.4) is 0 Å². The smallest absolute Gasteiger partial charge is 0.0300 e. The zero-order valence-corrected chi connectivity index (χ0v) is 11.0. The highest BCUT2D eigenvalue weighted by Gasteiger charge is 2.08. The van der Waals surface area contributed by atoms with Crippen LogP contribution >= 0.6 is 11.8 Å². The van der Waals surface area contributed by atoms with Gasteiger partial charge in [0, 0.05) is 15.8 Å². The van der Waals surface area contributed by atoms with E-state index in [-0.39, 0.29) is 0 Å². The lowest BCUT2D eigenvalue weighted by Gasteiger charge is -2.15. The zero-order chi connectivity index (χ0) is 12.1. The van der Waals surface area contributed by atoms with Gasteiger partial charge in [-0.05, 0) is 37.7 Å². The minimum absolute atomic E-state index is 0.377. The molecule has 0 aliphatic heterocycles. The van der Waals surface area contributed by atoms with Crippen LogP contribution in [0.2, 0.25) is 0 Å². The van der Waals surface area contributed by atoms with Crippen LogP contribution < -0.4 is 5.32 Å². The zero-order valence-electron chi connectivity index (χ0n) is 10.2. The Labute approximate surface area is 107 Å². The minimum Gasteiger partial charge on any atom is -0.313 e. The van der Waals surface area contributed by atoms with Crippen molar-refractivity contribution in [2.24, 2.45) is 0 Å². The number of benzene rings is 2. The third-order valence-electron chi connectivity index (χ3n) is 2.79. The molecule has 1 atom stereocenters. The molecule has 0 aliphatic rings. The third kappa shape index (κ3) is 3.11. The van der Waals surface area contributed by atoms with Crippen LogP contribution in [0.15, 0.2) is 64.4 Å². The Hall–Kier alpha value is -1.25. The van der Waals surface area contributed by atoms with E-state index in [1.54, 1.807) is 0 Å². The third-order valence-corrected chi connectivity index (χ3v) is 3.89. The second kappa shape index (κ2) is 5.89. The molecule has 17 heavy (non-hydrogen) atoms. The summed E-state index contributed by atoms with van der Waals surface area (Å²) in [6.07, 6.45) is 0. The Morgan fingerprint density at radius 3 is 2.29 bits per heavy atom. The van der Waals surface area contributed by atoms with E-state index in [2.05, 4.69) is 60.8 Å². The van der Waals surface area contributed by atoms with Gasteiger partial charge < -0.3 is 5.32 Å². The van der Waals surface area contributed by atoms with Gasteiger partial charge in [-0.25, -0.2) is 0 Å². The average molecular weight is 243 g/mol. The minimum atomic E-state index is 0.377. The molecule has 1 N–H and O–H groups in total. The van der Waals surface area contributed by atoms with Crippen molar-refractivity contribution >= 4 is 11.8 Å². The summed E-state index contributed by atoms with van der Waals surface area (Å²) in [5.74, 6) is 0. The van der Waals surface area contributed by atoms with Crippen molar-refractivity contribution < 1.29 is 0 Å². The molecule has 2 heteroatoms. The van der Waals surface area contributed by atoms with E-state index in [1.807, 2.05) is 24.9 Å². The lowest BCUT2D eigenvalue weighted by atomic mass is 10.1. The molecule has 0 aliphatic carbocycles. The van der Waals surface area contributed by atoms with Crippen LogP contribution in [-0.2, 0) is 0 Å². The quantitative estimate of drug-likeness (QED) is 0.867. The largest absolute Gasteiger partial charge is 0.313 e. The molecule has 0 radical (unpaired) electrons. The summed E-state index contributed by atoms with van der Waals surface area (Å²) in [5.41, 5.74) is 1.35. The molecule has 2 aromatic carbocycles. The monoisotopic (exact) mass is 243 g/mol. The highest BCUT2D eigenvalue weighted by atomic mass is 32.2. The molecule has 2 rings (SSSR count). The predicted octanol–water partition coefficient (Wildman–Crippen LogP) is 4.12. The average Bonchev–Trinajstić information content (AvgIpc) is 2.40. The summed E-state index contributed by atoms with van der Waals surface area (Å²) in [5, 5.41) is 3.29. The number of hydrogen-bond donors (Lipinski definition) is 1. The molecule has 0 heterocycles. The Balaban J connectivity index is 2.27. The second-order valence-electron chi connectivity index (χ2n) is 3.96. The van der Waals surface area contributed by atoms with E-state index in [1.165, 1.54) is 15.4 Å². The predicted molar refractivity (Wildman–Crippen MR) is 74.5 cm³/mol. The van der Waals surface area contributed by atoms with Crippen molar-refractivity contribution in [1.29, 1.82) is 0 Å². The molecule has 0 bridgehead atoms. The standard InChI is InChI=1S/C15H17NS/c1-12(16-2)14-10-6-7-11-15(14)17-13-8-4-3-5-9-13/h3-12,16H,1-2H3. The maximum absolute atomic E-state index is 3.29. The molecule has 0 aromatic heterocycles. The van der Waals surface area contributed by atoms with Gasteiger partial charge in [-0.1, -0.05) is 48.2 Å². The molecule has 88 valence electrons. The Kier molecular flexibility index (Phi) is 4.24. The number of rotatable bonds is 4. The highest BCUT2D eigenvalue weighted by molar-refractivity contribution is 7.99. The van der Waals surface area contributed by atoms with Crippen molar-refractivity contribution in [3.8, 4) is 0 Å². The lowest BCUT2D eigenvalue weighted by Crippen LogP contribution is -2.12. The van der Waals surface area contributed by atoms with Crippen LogP contribution in [0.1, 0.15) is 18.5 Å². The molecule has 2 aromatic rings. The van der Waals surface area contributed by atoms with Gasteiger partial charge >= 0.3 is 0 Å². The molecule has 0 saturated carbocycles. The van der Waals surface area contributed by atoms with Crippen LogP contribution in [0.25, 0.3) is 0 Å². The molecule has 0 amide bonds. The van der Waals surface area contributed by atoms with Crippen molar-refractivity contribution in [1.82, 2.24) is 5.32 Å². The van der Waals surface area contributed by atoms with Gasteiger partial charge in [-0.15, -0.1) is 0 Å². The molecule has 0 saturated heterocycles. The SMILES string of the molecule is CNC(C)c1ccccc1Sc1ccccc1. The first-order chi connectivity index (χ1) is 8.31. The lowest BCUT2D eigenvalue weighted by molar-refractivity contribution is 0.641. The van der Waals surface area contributed by atoms with E-state index < -0.39 is 0 Å². The fourth-order valence-corrected chi connectivity index (χ4v) is 2.76. The van der Waals surface area contributed by atoms with Gasteiger partial charge in [0.1, 0.15) is 0 Å². The molecule has 0 spiro atoms. The van der Waals surface area contributed by atoms with E-state index in [0.717, 1.165) is 0 Å². The first-order valence-corrected chi connectivity index (χ1v) is 6.62. The molecular weight excluding hydrogens is 226 g/mol. The van der Waals surface area contributed by atoms with E-state index in [9.17, 15) is 0 Å². The van der Waals surface area contributed by atoms with Crippen molar-refractivity contribution in [3.63, 3.8) is 0 Å². The van der Waals surface area contributed by atoms with Gasteiger partial charge in [0.25, 0.3) is 0 Å². The maximum Gasteiger partial charge on any atom is 0.0300 e. The fourth-order valence-electron chi connectivity index (χ4n) is 1.70. The summed E-state index contributed by atoms with van der Waals surface area (Å²) in [6, 6.07) is 19.4. The summed E-state index contributed by atoms with van der Waals surface area (Å²) in [6.45, 7) is 2.18. The van der Waals surface area contributed by atoms with Crippen molar-refractivity contribution in [3.05, 3.63) is 60.2 Å². The van der Waals surface area contributed by atoms with Crippen molar-refractivity contribution in [2.75, 3.05) is 7.05 Å². The summed E-state index contributed by atoms with van der Waals surface area (Å²) >= 11 is 1.82. The topological polar surface area (TPSA) is 12.0 Å². The van der Waals surface area contributed by atoms with Crippen molar-refractivity contribution in [2.45, 2.75) is 22.8 Å².